The third-order valence-electron chi connectivity index (χ3n) is 3.64. The first-order valence-electron chi connectivity index (χ1n) is 6.65. The van der Waals surface area contributed by atoms with Gasteiger partial charge in [0.25, 0.3) is 5.56 Å². The molecule has 2 heterocycles. The Morgan fingerprint density at radius 3 is 2.90 bits per heavy atom. The molecule has 1 aromatic heterocycles. The molecule has 1 saturated heterocycles. The van der Waals surface area contributed by atoms with Crippen LogP contribution in [0.1, 0.15) is 18.4 Å². The molecule has 6 nitrogen and oxygen atoms in total. The summed E-state index contributed by atoms with van der Waals surface area (Å²) < 4.78 is 1.36. The van der Waals surface area contributed by atoms with Crippen LogP contribution >= 0.6 is 0 Å². The summed E-state index contributed by atoms with van der Waals surface area (Å²) in [7, 11) is 0. The van der Waals surface area contributed by atoms with E-state index in [1.807, 2.05) is 0 Å². The molecule has 0 saturated carbocycles. The zero-order valence-corrected chi connectivity index (χ0v) is 11.4. The summed E-state index contributed by atoms with van der Waals surface area (Å²) in [6, 6.07) is 3.42. The molecule has 0 aromatic carbocycles. The SMILES string of the molecule is Cc1cccn(CC(=O)N2CCC[C@H](C(=O)O)C2)c1=O. The van der Waals surface area contributed by atoms with Gasteiger partial charge in [-0.05, 0) is 25.8 Å². The van der Waals surface area contributed by atoms with Crippen molar-refractivity contribution in [2.45, 2.75) is 26.3 Å². The Kier molecular flexibility index (Phi) is 4.22. The highest BCUT2D eigenvalue weighted by Gasteiger charge is 2.28. The number of carbonyl (C=O) groups excluding carboxylic acids is 1. The second-order valence-corrected chi connectivity index (χ2v) is 5.14. The molecule has 1 aliphatic heterocycles. The summed E-state index contributed by atoms with van der Waals surface area (Å²) >= 11 is 0. The zero-order valence-electron chi connectivity index (χ0n) is 11.4. The lowest BCUT2D eigenvalue weighted by Crippen LogP contribution is -2.44. The van der Waals surface area contributed by atoms with Gasteiger partial charge in [-0.2, -0.15) is 0 Å². The van der Waals surface area contributed by atoms with Crippen LogP contribution in [0.25, 0.3) is 0 Å². The number of aliphatic carboxylic acids is 1. The van der Waals surface area contributed by atoms with Gasteiger partial charge in [-0.3, -0.25) is 14.4 Å². The van der Waals surface area contributed by atoms with Crippen LogP contribution in [0.5, 0.6) is 0 Å². The molecule has 2 rings (SSSR count). The van der Waals surface area contributed by atoms with E-state index in [2.05, 4.69) is 0 Å². The fourth-order valence-corrected chi connectivity index (χ4v) is 2.43. The maximum atomic E-state index is 12.2. The molecule has 0 aliphatic carbocycles. The van der Waals surface area contributed by atoms with Gasteiger partial charge in [-0.1, -0.05) is 6.07 Å². The number of aromatic nitrogens is 1. The van der Waals surface area contributed by atoms with Gasteiger partial charge in [0.05, 0.1) is 5.92 Å². The van der Waals surface area contributed by atoms with Crippen molar-refractivity contribution < 1.29 is 14.7 Å². The van der Waals surface area contributed by atoms with Gasteiger partial charge in [0.2, 0.25) is 5.91 Å². The van der Waals surface area contributed by atoms with Crippen LogP contribution in [0.4, 0.5) is 0 Å². The summed E-state index contributed by atoms with van der Waals surface area (Å²) in [5.41, 5.74) is 0.398. The first-order chi connectivity index (χ1) is 9.49. The maximum absolute atomic E-state index is 12.2. The van der Waals surface area contributed by atoms with Crippen molar-refractivity contribution in [2.24, 2.45) is 5.92 Å². The quantitative estimate of drug-likeness (QED) is 0.872. The number of carboxylic acid groups (broad SMARTS) is 1. The molecule has 1 fully saturated rings. The van der Waals surface area contributed by atoms with Crippen molar-refractivity contribution in [3.8, 4) is 0 Å². The van der Waals surface area contributed by atoms with Gasteiger partial charge >= 0.3 is 5.97 Å². The van der Waals surface area contributed by atoms with Crippen molar-refractivity contribution in [3.05, 3.63) is 34.2 Å². The summed E-state index contributed by atoms with van der Waals surface area (Å²) in [4.78, 5) is 36.6. The lowest BCUT2D eigenvalue weighted by molar-refractivity contribution is -0.145. The Morgan fingerprint density at radius 1 is 1.45 bits per heavy atom. The number of likely N-dealkylation sites (tertiary alicyclic amines) is 1. The highest BCUT2D eigenvalue weighted by atomic mass is 16.4. The number of amides is 1. The maximum Gasteiger partial charge on any atom is 0.308 e. The average Bonchev–Trinajstić information content (AvgIpc) is 2.44. The topological polar surface area (TPSA) is 79.6 Å². The Hall–Kier alpha value is -2.11. The lowest BCUT2D eigenvalue weighted by Gasteiger charge is -2.30. The molecule has 6 heteroatoms. The number of piperidine rings is 1. The van der Waals surface area contributed by atoms with Crippen LogP contribution in [0.2, 0.25) is 0 Å². The fourth-order valence-electron chi connectivity index (χ4n) is 2.43. The van der Waals surface area contributed by atoms with E-state index < -0.39 is 11.9 Å². The van der Waals surface area contributed by atoms with Crippen LogP contribution in [0.3, 0.4) is 0 Å². The molecule has 0 bridgehead atoms. The van der Waals surface area contributed by atoms with Gasteiger partial charge in [0, 0.05) is 24.8 Å². The van der Waals surface area contributed by atoms with Crippen LogP contribution in [0.15, 0.2) is 23.1 Å². The Labute approximate surface area is 116 Å². The van der Waals surface area contributed by atoms with Crippen molar-refractivity contribution in [1.82, 2.24) is 9.47 Å². The molecule has 0 radical (unpaired) electrons. The highest BCUT2D eigenvalue weighted by Crippen LogP contribution is 2.16. The molecule has 1 aliphatic rings. The smallest absolute Gasteiger partial charge is 0.308 e. The van der Waals surface area contributed by atoms with E-state index in [4.69, 9.17) is 5.11 Å². The molecular weight excluding hydrogens is 260 g/mol. The Balaban J connectivity index is 2.06. The third-order valence-corrected chi connectivity index (χ3v) is 3.64. The van der Waals surface area contributed by atoms with E-state index in [1.54, 1.807) is 25.3 Å². The number of nitrogens with zero attached hydrogens (tertiary/aromatic N) is 2. The molecular formula is C14H18N2O4. The molecule has 0 unspecified atom stereocenters. The molecule has 20 heavy (non-hydrogen) atoms. The average molecular weight is 278 g/mol. The number of carboxylic acids is 1. The fraction of sp³-hybridized carbons (Fsp3) is 0.500. The largest absolute Gasteiger partial charge is 0.481 e. The van der Waals surface area contributed by atoms with E-state index in [0.29, 0.717) is 24.9 Å². The minimum atomic E-state index is -0.866. The van der Waals surface area contributed by atoms with E-state index in [9.17, 15) is 14.4 Å². The number of hydrogen-bond donors (Lipinski definition) is 1. The van der Waals surface area contributed by atoms with Gasteiger partial charge in [0.15, 0.2) is 0 Å². The van der Waals surface area contributed by atoms with E-state index >= 15 is 0 Å². The summed E-state index contributed by atoms with van der Waals surface area (Å²) in [6.07, 6.45) is 2.86. The van der Waals surface area contributed by atoms with Gasteiger partial charge in [-0.25, -0.2) is 0 Å². The number of aryl methyl sites for hydroxylation is 1. The number of hydrogen-bond acceptors (Lipinski definition) is 3. The first kappa shape index (κ1) is 14.3. The van der Waals surface area contributed by atoms with Crippen LogP contribution in [-0.2, 0) is 16.1 Å². The third kappa shape index (κ3) is 3.07. The Morgan fingerprint density at radius 2 is 2.20 bits per heavy atom. The number of rotatable bonds is 3. The van der Waals surface area contributed by atoms with Gasteiger partial charge in [0.1, 0.15) is 6.54 Å². The van der Waals surface area contributed by atoms with Gasteiger partial charge in [-0.15, -0.1) is 0 Å². The number of pyridine rings is 1. The second kappa shape index (κ2) is 5.90. The van der Waals surface area contributed by atoms with Crippen molar-refractivity contribution in [3.63, 3.8) is 0 Å². The van der Waals surface area contributed by atoms with Crippen molar-refractivity contribution in [2.75, 3.05) is 13.1 Å². The molecule has 1 atom stereocenters. The highest BCUT2D eigenvalue weighted by molar-refractivity contribution is 5.77. The van der Waals surface area contributed by atoms with Crippen LogP contribution < -0.4 is 5.56 Å². The summed E-state index contributed by atoms with van der Waals surface area (Å²) in [5, 5.41) is 9.01. The van der Waals surface area contributed by atoms with E-state index in [1.165, 1.54) is 9.47 Å². The summed E-state index contributed by atoms with van der Waals surface area (Å²) in [5.74, 6) is -1.57. The predicted octanol–water partition coefficient (Wildman–Crippen LogP) is 0.480. The minimum Gasteiger partial charge on any atom is -0.481 e. The van der Waals surface area contributed by atoms with Crippen molar-refractivity contribution in [1.29, 1.82) is 0 Å². The molecule has 1 N–H and O–H groups in total. The molecule has 108 valence electrons. The monoisotopic (exact) mass is 278 g/mol. The van der Waals surface area contributed by atoms with Crippen molar-refractivity contribution >= 4 is 11.9 Å². The molecule has 1 aromatic rings. The first-order valence-corrected chi connectivity index (χ1v) is 6.65. The summed E-state index contributed by atoms with van der Waals surface area (Å²) in [6.45, 7) is 2.45. The van der Waals surface area contributed by atoms with E-state index in [0.717, 1.165) is 0 Å². The molecule has 0 spiro atoms. The standard InChI is InChI=1S/C14H18N2O4/c1-10-4-2-7-16(13(10)18)9-12(17)15-6-3-5-11(8-15)14(19)20/h2,4,7,11H,3,5-6,8-9H2,1H3,(H,19,20)/t11-/m0/s1. The predicted molar refractivity (Wildman–Crippen MR) is 72.4 cm³/mol. The van der Waals surface area contributed by atoms with Crippen LogP contribution in [-0.4, -0.2) is 39.5 Å². The second-order valence-electron chi connectivity index (χ2n) is 5.14. The minimum absolute atomic E-state index is 0.0349. The normalized spacial score (nSPS) is 18.9. The van der Waals surface area contributed by atoms with E-state index in [-0.39, 0.29) is 24.6 Å². The van der Waals surface area contributed by atoms with Crippen LogP contribution in [0, 0.1) is 12.8 Å². The Bertz CT molecular complexity index is 579. The zero-order chi connectivity index (χ0) is 14.7. The van der Waals surface area contributed by atoms with Gasteiger partial charge < -0.3 is 14.6 Å². The molecule has 1 amide bonds. The lowest BCUT2D eigenvalue weighted by atomic mass is 9.98. The number of carbonyl (C=O) groups is 2.